The molecule has 0 N–H and O–H groups in total. The van der Waals surface area contributed by atoms with Crippen LogP contribution in [0.1, 0.15) is 0 Å². The van der Waals surface area contributed by atoms with E-state index in [1.165, 1.54) is 99.1 Å². The average molecular weight is 609 g/mol. The first-order valence-corrected chi connectivity index (χ1v) is 16.6. The third-order valence-corrected chi connectivity index (χ3v) is 10.4. The van der Waals surface area contributed by atoms with Gasteiger partial charge in [0.1, 0.15) is 0 Å². The Morgan fingerprint density at radius 2 is 0.875 bits per heavy atom. The lowest BCUT2D eigenvalue weighted by molar-refractivity contribution is 1.18. The topological polar surface area (TPSA) is 9.86 Å². The first kappa shape index (κ1) is 25.8. The fraction of sp³-hybridized carbons (Fsp3) is 0. The van der Waals surface area contributed by atoms with Crippen LogP contribution >= 0.6 is 0 Å². The molecule has 48 heavy (non-hydrogen) atoms. The predicted octanol–water partition coefficient (Wildman–Crippen LogP) is 12.3. The number of hydrogen-bond donors (Lipinski definition) is 0. The zero-order chi connectivity index (χ0) is 31.3. The molecule has 11 rings (SSSR count). The largest absolute Gasteiger partial charge is 0.309 e. The van der Waals surface area contributed by atoms with Crippen LogP contribution in [0.25, 0.3) is 99.1 Å². The van der Waals surface area contributed by atoms with E-state index in [0.717, 1.165) is 0 Å². The second kappa shape index (κ2) is 9.57. The van der Waals surface area contributed by atoms with Crippen molar-refractivity contribution in [2.24, 2.45) is 0 Å². The van der Waals surface area contributed by atoms with Crippen LogP contribution in [0.2, 0.25) is 0 Å². The minimum Gasteiger partial charge on any atom is -0.309 e. The molecule has 0 unspecified atom stereocenters. The Bertz CT molecular complexity index is 2920. The number of benzene rings is 8. The van der Waals surface area contributed by atoms with Crippen molar-refractivity contribution in [1.29, 1.82) is 0 Å². The van der Waals surface area contributed by atoms with Crippen molar-refractivity contribution in [2.75, 3.05) is 0 Å². The molecule has 8 aromatic carbocycles. The average Bonchev–Trinajstić information content (AvgIpc) is 3.79. The molecule has 0 saturated carbocycles. The number of hydrogen-bond acceptors (Lipinski definition) is 0. The van der Waals surface area contributed by atoms with E-state index in [1.807, 2.05) is 0 Å². The Hall–Kier alpha value is -6.38. The zero-order valence-corrected chi connectivity index (χ0v) is 26.1. The van der Waals surface area contributed by atoms with Gasteiger partial charge in [-0.25, -0.2) is 0 Å². The molecule has 0 aliphatic heterocycles. The third-order valence-electron chi connectivity index (χ3n) is 10.4. The molecule has 1 aliphatic carbocycles. The molecule has 2 aromatic heterocycles. The maximum absolute atomic E-state index is 2.49. The SMILES string of the molecule is c1ccc(-n2c3ccccc3c3cc(-c4ccc5c6cc7c8c(cccc8c6n(-c6ccccc6)c5c4)-c4ccccc4-7)ccc32)cc1. The van der Waals surface area contributed by atoms with Crippen molar-refractivity contribution in [2.45, 2.75) is 0 Å². The molecule has 2 nitrogen and oxygen atoms in total. The summed E-state index contributed by atoms with van der Waals surface area (Å²) < 4.78 is 4.86. The second-order valence-electron chi connectivity index (χ2n) is 12.9. The fourth-order valence-corrected chi connectivity index (χ4v) is 8.40. The minimum absolute atomic E-state index is 1.17. The van der Waals surface area contributed by atoms with Crippen molar-refractivity contribution in [3.63, 3.8) is 0 Å². The Morgan fingerprint density at radius 3 is 1.69 bits per heavy atom. The molecule has 0 atom stereocenters. The lowest BCUT2D eigenvalue weighted by Crippen LogP contribution is -1.94. The van der Waals surface area contributed by atoms with Crippen LogP contribution in [-0.2, 0) is 0 Å². The number of rotatable bonds is 3. The predicted molar refractivity (Wildman–Crippen MR) is 202 cm³/mol. The highest BCUT2D eigenvalue weighted by atomic mass is 15.0. The Labute approximate surface area is 277 Å². The van der Waals surface area contributed by atoms with Crippen LogP contribution < -0.4 is 0 Å². The first-order valence-electron chi connectivity index (χ1n) is 16.6. The highest BCUT2D eigenvalue weighted by Crippen LogP contribution is 2.51. The monoisotopic (exact) mass is 608 g/mol. The van der Waals surface area contributed by atoms with E-state index in [4.69, 9.17) is 0 Å². The summed E-state index contributed by atoms with van der Waals surface area (Å²) in [4.78, 5) is 0. The van der Waals surface area contributed by atoms with Crippen molar-refractivity contribution in [3.8, 4) is 44.8 Å². The minimum atomic E-state index is 1.17. The van der Waals surface area contributed by atoms with Gasteiger partial charge in [0.05, 0.1) is 22.1 Å². The van der Waals surface area contributed by atoms with Gasteiger partial charge in [0.15, 0.2) is 0 Å². The quantitative estimate of drug-likeness (QED) is 0.189. The highest BCUT2D eigenvalue weighted by Gasteiger charge is 2.25. The lowest BCUT2D eigenvalue weighted by atomic mass is 9.98. The molecule has 2 heterocycles. The number of nitrogens with zero attached hydrogens (tertiary/aromatic N) is 2. The summed E-state index contributed by atoms with van der Waals surface area (Å²) in [7, 11) is 0. The van der Waals surface area contributed by atoms with Crippen LogP contribution in [0.3, 0.4) is 0 Å². The molecular formula is C46H28N2. The Balaban J connectivity index is 1.20. The summed E-state index contributed by atoms with van der Waals surface area (Å²) in [6.07, 6.45) is 0. The standard InChI is InChI=1S/C46H28N2/c1-3-12-31(13-4-1)47-42-21-10-9-18-35(42)39-26-29(23-25-43(39)47)30-22-24-36-41-28-40-34-17-8-7-16-33(34)37-19-11-20-38(45(37)40)46(41)48(44(36)27-30)32-14-5-2-6-15-32/h1-28H. The highest BCUT2D eigenvalue weighted by molar-refractivity contribution is 6.27. The lowest BCUT2D eigenvalue weighted by Gasteiger charge is -2.12. The van der Waals surface area contributed by atoms with Gasteiger partial charge < -0.3 is 9.13 Å². The van der Waals surface area contributed by atoms with E-state index in [-0.39, 0.29) is 0 Å². The summed E-state index contributed by atoms with van der Waals surface area (Å²) in [5.41, 5.74) is 15.0. The van der Waals surface area contributed by atoms with Crippen molar-refractivity contribution in [3.05, 3.63) is 170 Å². The van der Waals surface area contributed by atoms with Gasteiger partial charge in [0, 0.05) is 38.3 Å². The normalized spacial score (nSPS) is 12.2. The zero-order valence-electron chi connectivity index (χ0n) is 26.1. The maximum atomic E-state index is 2.49. The summed E-state index contributed by atoms with van der Waals surface area (Å²) in [5, 5.41) is 7.74. The van der Waals surface area contributed by atoms with Crippen molar-refractivity contribution < 1.29 is 0 Å². The molecule has 1 aliphatic rings. The molecule has 222 valence electrons. The van der Waals surface area contributed by atoms with Crippen molar-refractivity contribution in [1.82, 2.24) is 9.13 Å². The molecule has 0 saturated heterocycles. The van der Waals surface area contributed by atoms with Gasteiger partial charge in [0.25, 0.3) is 0 Å². The number of aromatic nitrogens is 2. The van der Waals surface area contributed by atoms with E-state index in [1.54, 1.807) is 0 Å². The van der Waals surface area contributed by atoms with Crippen LogP contribution in [0.4, 0.5) is 0 Å². The van der Waals surface area contributed by atoms with Gasteiger partial charge >= 0.3 is 0 Å². The summed E-state index contributed by atoms with van der Waals surface area (Å²) >= 11 is 0. The van der Waals surface area contributed by atoms with E-state index >= 15 is 0 Å². The number of para-hydroxylation sites is 3. The molecule has 0 bridgehead atoms. The molecule has 0 radical (unpaired) electrons. The third kappa shape index (κ3) is 3.41. The van der Waals surface area contributed by atoms with E-state index in [9.17, 15) is 0 Å². The van der Waals surface area contributed by atoms with Gasteiger partial charge in [-0.05, 0) is 93.4 Å². The summed E-state index contributed by atoms with van der Waals surface area (Å²) in [5.74, 6) is 0. The van der Waals surface area contributed by atoms with Gasteiger partial charge in [0.2, 0.25) is 0 Å². The molecule has 2 heteroatoms. The van der Waals surface area contributed by atoms with Crippen LogP contribution in [0, 0.1) is 0 Å². The second-order valence-corrected chi connectivity index (χ2v) is 12.9. The van der Waals surface area contributed by atoms with Gasteiger partial charge in [-0.2, -0.15) is 0 Å². The number of fused-ring (bicyclic) bond motifs is 10. The van der Waals surface area contributed by atoms with Gasteiger partial charge in [-0.3, -0.25) is 0 Å². The maximum Gasteiger partial charge on any atom is 0.0620 e. The summed E-state index contributed by atoms with van der Waals surface area (Å²) in [6.45, 7) is 0. The van der Waals surface area contributed by atoms with Crippen molar-refractivity contribution >= 4 is 54.4 Å². The van der Waals surface area contributed by atoms with E-state index < -0.39 is 0 Å². The molecule has 0 fully saturated rings. The Morgan fingerprint density at radius 1 is 0.292 bits per heavy atom. The smallest absolute Gasteiger partial charge is 0.0620 e. The van der Waals surface area contributed by atoms with Crippen LogP contribution in [0.15, 0.2) is 170 Å². The van der Waals surface area contributed by atoms with Crippen LogP contribution in [-0.4, -0.2) is 9.13 Å². The molecular weight excluding hydrogens is 581 g/mol. The van der Waals surface area contributed by atoms with Crippen LogP contribution in [0.5, 0.6) is 0 Å². The molecule has 0 amide bonds. The fourth-order valence-electron chi connectivity index (χ4n) is 8.40. The van der Waals surface area contributed by atoms with E-state index in [0.29, 0.717) is 0 Å². The Kier molecular flexibility index (Phi) is 5.14. The summed E-state index contributed by atoms with van der Waals surface area (Å²) in [6, 6.07) is 62.4. The van der Waals surface area contributed by atoms with E-state index in [2.05, 4.69) is 179 Å². The van der Waals surface area contributed by atoms with Gasteiger partial charge in [-0.1, -0.05) is 115 Å². The molecule has 0 spiro atoms. The first-order chi connectivity index (χ1) is 23.8. The van der Waals surface area contributed by atoms with Gasteiger partial charge in [-0.15, -0.1) is 0 Å². The molecule has 10 aromatic rings.